The number of carbonyl (C=O) groups is 1. The number of aromatic nitrogens is 2. The van der Waals surface area contributed by atoms with Crippen molar-refractivity contribution in [1.82, 2.24) is 15.5 Å². The molecule has 23 heavy (non-hydrogen) atoms. The van der Waals surface area contributed by atoms with Gasteiger partial charge in [-0.05, 0) is 49.8 Å². The van der Waals surface area contributed by atoms with Crippen LogP contribution in [0.3, 0.4) is 0 Å². The maximum Gasteiger partial charge on any atom is 0.223 e. The lowest BCUT2D eigenvalue weighted by Crippen LogP contribution is -2.32. The van der Waals surface area contributed by atoms with Gasteiger partial charge in [0.05, 0.1) is 5.69 Å². The zero-order chi connectivity index (χ0) is 16.8. The van der Waals surface area contributed by atoms with Gasteiger partial charge in [0.25, 0.3) is 0 Å². The predicted octanol–water partition coefficient (Wildman–Crippen LogP) is 3.13. The summed E-state index contributed by atoms with van der Waals surface area (Å²) in [6.45, 7) is 8.78. The summed E-state index contributed by atoms with van der Waals surface area (Å²) < 4.78 is 0. The molecule has 2 N–H and O–H groups in total. The molecule has 1 atom stereocenters. The van der Waals surface area contributed by atoms with Crippen molar-refractivity contribution in [3.05, 3.63) is 52.3 Å². The number of carbonyl (C=O) groups excluding carboxylic acids is 1. The van der Waals surface area contributed by atoms with Crippen LogP contribution in [0.15, 0.2) is 24.3 Å². The second-order valence-corrected chi connectivity index (χ2v) is 6.23. The highest BCUT2D eigenvalue weighted by atomic mass is 16.1. The first-order valence-corrected chi connectivity index (χ1v) is 8.37. The van der Waals surface area contributed by atoms with Crippen molar-refractivity contribution in [2.24, 2.45) is 5.92 Å². The van der Waals surface area contributed by atoms with Crippen LogP contribution in [0.2, 0.25) is 0 Å². The molecule has 1 amide bonds. The Bertz CT molecular complexity index is 624. The molecule has 0 aliphatic heterocycles. The van der Waals surface area contributed by atoms with Gasteiger partial charge in [0.1, 0.15) is 0 Å². The molecule has 1 aromatic carbocycles. The van der Waals surface area contributed by atoms with Crippen molar-refractivity contribution in [2.75, 3.05) is 6.54 Å². The van der Waals surface area contributed by atoms with Crippen LogP contribution >= 0.6 is 0 Å². The van der Waals surface area contributed by atoms with Gasteiger partial charge in [-0.3, -0.25) is 9.89 Å². The number of benzene rings is 1. The Hall–Kier alpha value is -2.10. The fourth-order valence-corrected chi connectivity index (χ4v) is 2.72. The molecule has 0 aliphatic carbocycles. The third kappa shape index (κ3) is 4.68. The van der Waals surface area contributed by atoms with Crippen LogP contribution in [0.4, 0.5) is 0 Å². The van der Waals surface area contributed by atoms with Crippen molar-refractivity contribution in [3.8, 4) is 0 Å². The molecule has 0 saturated carbocycles. The van der Waals surface area contributed by atoms with Crippen LogP contribution in [0, 0.1) is 19.8 Å². The SMILES string of the molecule is CCc1ccc(CCNC(=O)C(C)Cc2c(C)n[nH]c2C)cc1. The van der Waals surface area contributed by atoms with Gasteiger partial charge in [0, 0.05) is 18.2 Å². The van der Waals surface area contributed by atoms with E-state index in [2.05, 4.69) is 46.7 Å². The molecule has 2 rings (SSSR count). The van der Waals surface area contributed by atoms with Gasteiger partial charge in [0.15, 0.2) is 0 Å². The molecule has 2 aromatic rings. The second kappa shape index (κ2) is 7.95. The number of hydrogen-bond donors (Lipinski definition) is 2. The van der Waals surface area contributed by atoms with E-state index in [-0.39, 0.29) is 11.8 Å². The molecule has 0 aliphatic rings. The number of amides is 1. The molecule has 0 bridgehead atoms. The molecule has 4 nitrogen and oxygen atoms in total. The molecule has 0 fully saturated rings. The minimum atomic E-state index is -0.0486. The highest BCUT2D eigenvalue weighted by molar-refractivity contribution is 5.78. The Morgan fingerprint density at radius 2 is 1.87 bits per heavy atom. The molecule has 1 unspecified atom stereocenters. The average molecular weight is 313 g/mol. The van der Waals surface area contributed by atoms with Crippen LogP contribution < -0.4 is 5.32 Å². The Kier molecular flexibility index (Phi) is 5.97. The van der Waals surface area contributed by atoms with Gasteiger partial charge >= 0.3 is 0 Å². The number of aryl methyl sites for hydroxylation is 3. The van der Waals surface area contributed by atoms with Gasteiger partial charge in [0.2, 0.25) is 5.91 Å². The highest BCUT2D eigenvalue weighted by Gasteiger charge is 2.16. The van der Waals surface area contributed by atoms with E-state index < -0.39 is 0 Å². The summed E-state index contributed by atoms with van der Waals surface area (Å²) in [5, 5.41) is 10.2. The standard InChI is InChI=1S/C19H27N3O/c1-5-16-6-8-17(9-7-16)10-11-20-19(23)13(2)12-18-14(3)21-22-15(18)4/h6-9,13H,5,10-12H2,1-4H3,(H,20,23)(H,21,22). The van der Waals surface area contributed by atoms with Crippen molar-refractivity contribution < 1.29 is 4.79 Å². The number of rotatable bonds is 7. The van der Waals surface area contributed by atoms with Gasteiger partial charge in [-0.15, -0.1) is 0 Å². The van der Waals surface area contributed by atoms with Crippen molar-refractivity contribution in [3.63, 3.8) is 0 Å². The molecule has 0 saturated heterocycles. The van der Waals surface area contributed by atoms with E-state index in [1.54, 1.807) is 0 Å². The fraction of sp³-hybridized carbons (Fsp3) is 0.474. The summed E-state index contributed by atoms with van der Waals surface area (Å²) in [5.74, 6) is 0.0580. The minimum Gasteiger partial charge on any atom is -0.356 e. The Morgan fingerprint density at radius 3 is 2.43 bits per heavy atom. The van der Waals surface area contributed by atoms with Crippen LogP contribution in [-0.2, 0) is 24.1 Å². The largest absolute Gasteiger partial charge is 0.356 e. The number of hydrogen-bond acceptors (Lipinski definition) is 2. The van der Waals surface area contributed by atoms with Crippen LogP contribution in [-0.4, -0.2) is 22.6 Å². The highest BCUT2D eigenvalue weighted by Crippen LogP contribution is 2.15. The molecule has 124 valence electrons. The first-order valence-electron chi connectivity index (χ1n) is 8.37. The smallest absolute Gasteiger partial charge is 0.223 e. The lowest BCUT2D eigenvalue weighted by molar-refractivity contribution is -0.124. The summed E-state index contributed by atoms with van der Waals surface area (Å²) in [4.78, 5) is 12.2. The summed E-state index contributed by atoms with van der Waals surface area (Å²) in [6.07, 6.45) is 2.65. The van der Waals surface area contributed by atoms with E-state index >= 15 is 0 Å². The van der Waals surface area contributed by atoms with Gasteiger partial charge in [-0.1, -0.05) is 38.1 Å². The summed E-state index contributed by atoms with van der Waals surface area (Å²) in [7, 11) is 0. The first kappa shape index (κ1) is 17.3. The first-order chi connectivity index (χ1) is 11.0. The topological polar surface area (TPSA) is 57.8 Å². The van der Waals surface area contributed by atoms with Crippen molar-refractivity contribution in [1.29, 1.82) is 0 Å². The lowest BCUT2D eigenvalue weighted by atomic mass is 9.99. The third-order valence-electron chi connectivity index (χ3n) is 4.38. The number of nitrogens with zero attached hydrogens (tertiary/aromatic N) is 1. The molecule has 0 radical (unpaired) electrons. The molecule has 0 spiro atoms. The maximum atomic E-state index is 12.2. The molecule has 1 aromatic heterocycles. The van der Waals surface area contributed by atoms with Crippen LogP contribution in [0.5, 0.6) is 0 Å². The van der Waals surface area contributed by atoms with Gasteiger partial charge in [-0.2, -0.15) is 5.10 Å². The van der Waals surface area contributed by atoms with E-state index in [9.17, 15) is 4.79 Å². The number of H-pyrrole nitrogens is 1. The Labute approximate surface area is 138 Å². The molecular weight excluding hydrogens is 286 g/mol. The van der Waals surface area contributed by atoms with Crippen LogP contribution in [0.1, 0.15) is 41.9 Å². The Morgan fingerprint density at radius 1 is 1.22 bits per heavy atom. The van der Waals surface area contributed by atoms with E-state index in [1.165, 1.54) is 11.1 Å². The van der Waals surface area contributed by atoms with E-state index in [4.69, 9.17) is 0 Å². The van der Waals surface area contributed by atoms with E-state index in [1.807, 2.05) is 20.8 Å². The maximum absolute atomic E-state index is 12.2. The molecular formula is C19H27N3O. The summed E-state index contributed by atoms with van der Waals surface area (Å²) in [6, 6.07) is 8.60. The third-order valence-corrected chi connectivity index (χ3v) is 4.38. The van der Waals surface area contributed by atoms with Gasteiger partial charge in [-0.25, -0.2) is 0 Å². The molecule has 1 heterocycles. The predicted molar refractivity (Wildman–Crippen MR) is 93.5 cm³/mol. The zero-order valence-electron chi connectivity index (χ0n) is 14.6. The monoisotopic (exact) mass is 313 g/mol. The second-order valence-electron chi connectivity index (χ2n) is 6.23. The summed E-state index contributed by atoms with van der Waals surface area (Å²) >= 11 is 0. The minimum absolute atomic E-state index is 0.0486. The van der Waals surface area contributed by atoms with Gasteiger partial charge < -0.3 is 5.32 Å². The average Bonchev–Trinajstić information content (AvgIpc) is 2.87. The molecule has 4 heteroatoms. The number of nitrogens with one attached hydrogen (secondary N) is 2. The zero-order valence-corrected chi connectivity index (χ0v) is 14.6. The van der Waals surface area contributed by atoms with Crippen LogP contribution in [0.25, 0.3) is 0 Å². The normalized spacial score (nSPS) is 12.2. The fourth-order valence-electron chi connectivity index (χ4n) is 2.72. The lowest BCUT2D eigenvalue weighted by Gasteiger charge is -2.12. The van der Waals surface area contributed by atoms with E-state index in [0.29, 0.717) is 6.54 Å². The van der Waals surface area contributed by atoms with Crippen molar-refractivity contribution >= 4 is 5.91 Å². The number of aromatic amines is 1. The quantitative estimate of drug-likeness (QED) is 0.825. The van der Waals surface area contributed by atoms with E-state index in [0.717, 1.165) is 36.2 Å². The Balaban J connectivity index is 1.79. The van der Waals surface area contributed by atoms with Crippen molar-refractivity contribution in [2.45, 2.75) is 47.0 Å². The summed E-state index contributed by atoms with van der Waals surface area (Å²) in [5.41, 5.74) is 5.80.